The maximum atomic E-state index is 10.9. The van der Waals surface area contributed by atoms with Crippen molar-refractivity contribution in [3.05, 3.63) is 12.2 Å². The zero-order chi connectivity index (χ0) is 10.4. The summed E-state index contributed by atoms with van der Waals surface area (Å²) >= 11 is 0. The third-order valence-electron chi connectivity index (χ3n) is 2.57. The number of ether oxygens (including phenoxy) is 1. The first kappa shape index (κ1) is 11.2. The second-order valence-corrected chi connectivity index (χ2v) is 3.79. The van der Waals surface area contributed by atoms with E-state index in [1.54, 1.807) is 13.0 Å². The van der Waals surface area contributed by atoms with E-state index in [9.17, 15) is 9.90 Å². The molecule has 0 aromatic heterocycles. The second-order valence-electron chi connectivity index (χ2n) is 3.79. The molecule has 3 heteroatoms. The van der Waals surface area contributed by atoms with E-state index >= 15 is 0 Å². The highest BCUT2D eigenvalue weighted by atomic mass is 16.5. The van der Waals surface area contributed by atoms with Crippen molar-refractivity contribution in [1.82, 2.24) is 0 Å². The average Bonchev–Trinajstić information content (AvgIpc) is 2.53. The summed E-state index contributed by atoms with van der Waals surface area (Å²) in [5, 5.41) is 9.93. The molecule has 0 aliphatic heterocycles. The van der Waals surface area contributed by atoms with Gasteiger partial charge in [-0.2, -0.15) is 0 Å². The molecule has 1 saturated carbocycles. The van der Waals surface area contributed by atoms with Crippen molar-refractivity contribution in [1.29, 1.82) is 0 Å². The summed E-state index contributed by atoms with van der Waals surface area (Å²) in [5.74, 6) is -0.325. The van der Waals surface area contributed by atoms with Crippen LogP contribution in [0.1, 0.15) is 39.0 Å². The molecule has 1 aliphatic carbocycles. The highest BCUT2D eigenvalue weighted by Crippen LogP contribution is 2.32. The number of carbonyl (C=O) groups excluding carboxylic acids is 1. The first-order valence-electron chi connectivity index (χ1n) is 5.22. The Morgan fingerprint density at radius 3 is 2.71 bits per heavy atom. The summed E-state index contributed by atoms with van der Waals surface area (Å²) in [6.45, 7) is 2.17. The number of esters is 1. The predicted molar refractivity (Wildman–Crippen MR) is 53.8 cm³/mol. The maximum Gasteiger partial charge on any atom is 0.330 e. The maximum absolute atomic E-state index is 10.9. The topological polar surface area (TPSA) is 46.5 Å². The molecule has 0 heterocycles. The molecule has 0 amide bonds. The van der Waals surface area contributed by atoms with Crippen LogP contribution in [0, 0.1) is 0 Å². The number of carbonyl (C=O) groups is 1. The Balaban J connectivity index is 2.28. The molecule has 1 aliphatic rings. The molecule has 1 rings (SSSR count). The summed E-state index contributed by atoms with van der Waals surface area (Å²) in [7, 11) is 0. The standard InChI is InChI=1S/C11H18O3/c1-2-14-10(12)6-5-9-11(13)7-3-4-8-11/h5-6,13H,2-4,7-9H2,1H3/b6-5+. The van der Waals surface area contributed by atoms with E-state index in [-0.39, 0.29) is 5.97 Å². The van der Waals surface area contributed by atoms with Crippen molar-refractivity contribution in [2.45, 2.75) is 44.6 Å². The van der Waals surface area contributed by atoms with Gasteiger partial charge in [-0.05, 0) is 26.2 Å². The van der Waals surface area contributed by atoms with Gasteiger partial charge in [0.15, 0.2) is 0 Å². The van der Waals surface area contributed by atoms with E-state index in [4.69, 9.17) is 4.74 Å². The van der Waals surface area contributed by atoms with E-state index in [1.165, 1.54) is 6.08 Å². The van der Waals surface area contributed by atoms with Crippen molar-refractivity contribution in [3.8, 4) is 0 Å². The molecular weight excluding hydrogens is 180 g/mol. The molecule has 14 heavy (non-hydrogen) atoms. The number of rotatable bonds is 4. The fourth-order valence-electron chi connectivity index (χ4n) is 1.80. The van der Waals surface area contributed by atoms with E-state index < -0.39 is 5.60 Å². The van der Waals surface area contributed by atoms with E-state index in [0.29, 0.717) is 13.0 Å². The summed E-state index contributed by atoms with van der Waals surface area (Å²) in [6, 6.07) is 0. The smallest absolute Gasteiger partial charge is 0.330 e. The Morgan fingerprint density at radius 2 is 2.14 bits per heavy atom. The molecule has 0 radical (unpaired) electrons. The van der Waals surface area contributed by atoms with Crippen LogP contribution >= 0.6 is 0 Å². The van der Waals surface area contributed by atoms with Gasteiger partial charge in [0.05, 0.1) is 12.2 Å². The first-order valence-corrected chi connectivity index (χ1v) is 5.22. The largest absolute Gasteiger partial charge is 0.463 e. The van der Waals surface area contributed by atoms with Crippen LogP contribution in [0.4, 0.5) is 0 Å². The number of hydrogen-bond donors (Lipinski definition) is 1. The van der Waals surface area contributed by atoms with Crippen molar-refractivity contribution >= 4 is 5.97 Å². The average molecular weight is 198 g/mol. The van der Waals surface area contributed by atoms with Gasteiger partial charge in [-0.1, -0.05) is 18.9 Å². The molecule has 0 unspecified atom stereocenters. The quantitative estimate of drug-likeness (QED) is 0.553. The minimum absolute atomic E-state index is 0.325. The zero-order valence-corrected chi connectivity index (χ0v) is 8.66. The summed E-state index contributed by atoms with van der Waals surface area (Å²) in [6.07, 6.45) is 7.54. The fraction of sp³-hybridized carbons (Fsp3) is 0.727. The Hall–Kier alpha value is -0.830. The van der Waals surface area contributed by atoms with Crippen LogP contribution in [0.5, 0.6) is 0 Å². The second kappa shape index (κ2) is 5.15. The van der Waals surface area contributed by atoms with Crippen LogP contribution in [0.25, 0.3) is 0 Å². The fourth-order valence-corrected chi connectivity index (χ4v) is 1.80. The molecule has 0 aromatic carbocycles. The molecular formula is C11H18O3. The van der Waals surface area contributed by atoms with E-state index in [1.807, 2.05) is 0 Å². The summed E-state index contributed by atoms with van der Waals surface area (Å²) in [4.78, 5) is 10.9. The molecule has 0 saturated heterocycles. The minimum Gasteiger partial charge on any atom is -0.463 e. The van der Waals surface area contributed by atoms with Gasteiger partial charge in [0, 0.05) is 6.08 Å². The van der Waals surface area contributed by atoms with Crippen LogP contribution in [0.2, 0.25) is 0 Å². The van der Waals surface area contributed by atoms with Gasteiger partial charge < -0.3 is 9.84 Å². The van der Waals surface area contributed by atoms with Crippen molar-refractivity contribution in [3.63, 3.8) is 0 Å². The van der Waals surface area contributed by atoms with Crippen molar-refractivity contribution in [2.24, 2.45) is 0 Å². The van der Waals surface area contributed by atoms with Gasteiger partial charge in [0.1, 0.15) is 0 Å². The summed E-state index contributed by atoms with van der Waals surface area (Å²) in [5.41, 5.74) is -0.566. The van der Waals surface area contributed by atoms with Crippen LogP contribution in [0.3, 0.4) is 0 Å². The van der Waals surface area contributed by atoms with Crippen molar-refractivity contribution < 1.29 is 14.6 Å². The Labute approximate surface area is 84.8 Å². The normalized spacial score (nSPS) is 20.1. The highest BCUT2D eigenvalue weighted by molar-refractivity contribution is 5.81. The molecule has 1 N–H and O–H groups in total. The number of aliphatic hydroxyl groups is 1. The van der Waals surface area contributed by atoms with Crippen molar-refractivity contribution in [2.75, 3.05) is 6.61 Å². The van der Waals surface area contributed by atoms with Crippen LogP contribution in [-0.4, -0.2) is 23.3 Å². The van der Waals surface area contributed by atoms with E-state index in [2.05, 4.69) is 0 Å². The lowest BCUT2D eigenvalue weighted by molar-refractivity contribution is -0.137. The third kappa shape index (κ3) is 3.50. The van der Waals surface area contributed by atoms with Crippen LogP contribution < -0.4 is 0 Å². The van der Waals surface area contributed by atoms with Crippen LogP contribution in [0.15, 0.2) is 12.2 Å². The lowest BCUT2D eigenvalue weighted by atomic mass is 9.98. The molecule has 0 aromatic rings. The van der Waals surface area contributed by atoms with Gasteiger partial charge in [-0.3, -0.25) is 0 Å². The SMILES string of the molecule is CCOC(=O)/C=C/CC1(O)CCCC1. The van der Waals surface area contributed by atoms with Gasteiger partial charge in [-0.15, -0.1) is 0 Å². The minimum atomic E-state index is -0.566. The first-order chi connectivity index (χ1) is 6.66. The Kier molecular flexibility index (Phi) is 4.14. The molecule has 0 bridgehead atoms. The highest BCUT2D eigenvalue weighted by Gasteiger charge is 2.29. The summed E-state index contributed by atoms with van der Waals surface area (Å²) < 4.78 is 4.73. The monoisotopic (exact) mass is 198 g/mol. The molecule has 1 fully saturated rings. The number of hydrogen-bond acceptors (Lipinski definition) is 3. The van der Waals surface area contributed by atoms with Gasteiger partial charge in [0.25, 0.3) is 0 Å². The van der Waals surface area contributed by atoms with E-state index in [0.717, 1.165) is 25.7 Å². The predicted octanol–water partition coefficient (Wildman–Crippen LogP) is 1.80. The third-order valence-corrected chi connectivity index (χ3v) is 2.57. The molecule has 3 nitrogen and oxygen atoms in total. The lowest BCUT2D eigenvalue weighted by Crippen LogP contribution is -2.22. The Bertz CT molecular complexity index is 215. The van der Waals surface area contributed by atoms with Crippen LogP contribution in [-0.2, 0) is 9.53 Å². The zero-order valence-electron chi connectivity index (χ0n) is 8.66. The van der Waals surface area contributed by atoms with Gasteiger partial charge in [0.2, 0.25) is 0 Å². The molecule has 0 spiro atoms. The Morgan fingerprint density at radius 1 is 1.50 bits per heavy atom. The lowest BCUT2D eigenvalue weighted by Gasteiger charge is -2.19. The molecule has 0 atom stereocenters. The van der Waals surface area contributed by atoms with Gasteiger partial charge in [-0.25, -0.2) is 4.79 Å². The molecule has 80 valence electrons. The van der Waals surface area contributed by atoms with Gasteiger partial charge >= 0.3 is 5.97 Å².